The van der Waals surface area contributed by atoms with Crippen LogP contribution in [0.25, 0.3) is 0 Å². The lowest BCUT2D eigenvalue weighted by atomic mass is 10.1. The van der Waals surface area contributed by atoms with E-state index in [2.05, 4.69) is 15.5 Å². The number of anilines is 2. The highest BCUT2D eigenvalue weighted by molar-refractivity contribution is 7.90. The van der Waals surface area contributed by atoms with E-state index in [1.54, 1.807) is 12.1 Å². The number of ether oxygens (including phenoxy) is 2. The molecular formula is C20H24ClN3O4S. The van der Waals surface area contributed by atoms with Gasteiger partial charge in [-0.15, -0.1) is 0 Å². The summed E-state index contributed by atoms with van der Waals surface area (Å²) in [6.45, 7) is 5.64. The molecule has 1 fully saturated rings. The third-order valence-electron chi connectivity index (χ3n) is 5.15. The Bertz CT molecular complexity index is 1020. The fraction of sp³-hybridized carbons (Fsp3) is 0.400. The van der Waals surface area contributed by atoms with Gasteiger partial charge in [0, 0.05) is 54.8 Å². The van der Waals surface area contributed by atoms with Crippen LogP contribution in [-0.2, 0) is 9.84 Å². The lowest BCUT2D eigenvalue weighted by Gasteiger charge is -2.30. The lowest BCUT2D eigenvalue weighted by Crippen LogP contribution is -2.43. The quantitative estimate of drug-likeness (QED) is 0.744. The van der Waals surface area contributed by atoms with Gasteiger partial charge in [0.05, 0.1) is 16.6 Å². The second-order valence-corrected chi connectivity index (χ2v) is 9.71. The molecule has 2 aliphatic heterocycles. The Kier molecular flexibility index (Phi) is 5.50. The fourth-order valence-corrected chi connectivity index (χ4v) is 4.76. The zero-order valence-electron chi connectivity index (χ0n) is 16.4. The minimum absolute atomic E-state index is 0.141. The van der Waals surface area contributed by atoms with Crippen LogP contribution in [0.2, 0.25) is 5.02 Å². The van der Waals surface area contributed by atoms with E-state index < -0.39 is 9.84 Å². The van der Waals surface area contributed by atoms with E-state index in [4.69, 9.17) is 21.1 Å². The molecule has 4 rings (SSSR count). The Morgan fingerprint density at radius 3 is 2.66 bits per heavy atom. The number of rotatable bonds is 5. The number of nitrogens with one attached hydrogen (secondary N) is 2. The standard InChI is InChI=1S/C20H24ClN3O4S/c1-13(16-9-14(21)10-18-20(16)28-12-27-18)23-17-11-15(24-7-5-22-6-8-24)3-4-19(17)29(2,25)26/h3-4,9-11,13,22-23H,5-8,12H2,1-2H3. The summed E-state index contributed by atoms with van der Waals surface area (Å²) in [5.74, 6) is 1.23. The van der Waals surface area contributed by atoms with Gasteiger partial charge in [-0.25, -0.2) is 8.42 Å². The van der Waals surface area contributed by atoms with Gasteiger partial charge >= 0.3 is 0 Å². The zero-order valence-corrected chi connectivity index (χ0v) is 17.9. The van der Waals surface area contributed by atoms with Gasteiger partial charge in [0.25, 0.3) is 0 Å². The highest BCUT2D eigenvalue weighted by Crippen LogP contribution is 2.42. The number of fused-ring (bicyclic) bond motifs is 1. The average Bonchev–Trinajstić information content (AvgIpc) is 3.15. The molecule has 9 heteroatoms. The summed E-state index contributed by atoms with van der Waals surface area (Å²) in [4.78, 5) is 2.51. The maximum absolute atomic E-state index is 12.4. The Hall–Kier alpha value is -2.16. The molecule has 2 aromatic rings. The van der Waals surface area contributed by atoms with Crippen molar-refractivity contribution in [2.75, 3.05) is 49.4 Å². The van der Waals surface area contributed by atoms with Crippen molar-refractivity contribution in [2.24, 2.45) is 0 Å². The molecule has 2 aliphatic rings. The van der Waals surface area contributed by atoms with Crippen LogP contribution in [0, 0.1) is 0 Å². The van der Waals surface area contributed by atoms with Gasteiger partial charge in [-0.1, -0.05) is 11.6 Å². The van der Waals surface area contributed by atoms with E-state index in [1.165, 1.54) is 6.26 Å². The van der Waals surface area contributed by atoms with Crippen molar-refractivity contribution in [1.29, 1.82) is 0 Å². The number of benzene rings is 2. The fourth-order valence-electron chi connectivity index (χ4n) is 3.71. The topological polar surface area (TPSA) is 79.9 Å². The van der Waals surface area contributed by atoms with Crippen LogP contribution in [0.1, 0.15) is 18.5 Å². The van der Waals surface area contributed by atoms with E-state index >= 15 is 0 Å². The smallest absolute Gasteiger partial charge is 0.231 e. The van der Waals surface area contributed by atoms with Crippen molar-refractivity contribution >= 4 is 32.8 Å². The molecule has 156 valence electrons. The second kappa shape index (κ2) is 7.93. The lowest BCUT2D eigenvalue weighted by molar-refractivity contribution is 0.173. The summed E-state index contributed by atoms with van der Waals surface area (Å²) in [6.07, 6.45) is 1.22. The number of nitrogens with zero attached hydrogens (tertiary/aromatic N) is 1. The van der Waals surface area contributed by atoms with Gasteiger partial charge in [0.2, 0.25) is 6.79 Å². The maximum Gasteiger partial charge on any atom is 0.231 e. The minimum atomic E-state index is -3.40. The summed E-state index contributed by atoms with van der Waals surface area (Å²) in [6, 6.07) is 8.72. The van der Waals surface area contributed by atoms with Crippen molar-refractivity contribution < 1.29 is 17.9 Å². The number of hydrogen-bond donors (Lipinski definition) is 2. The molecule has 0 bridgehead atoms. The first-order chi connectivity index (χ1) is 13.8. The van der Waals surface area contributed by atoms with Crippen molar-refractivity contribution in [3.63, 3.8) is 0 Å². The molecule has 0 aromatic heterocycles. The first kappa shape index (κ1) is 20.1. The molecule has 0 radical (unpaired) electrons. The van der Waals surface area contributed by atoms with E-state index in [0.717, 1.165) is 37.4 Å². The van der Waals surface area contributed by atoms with Crippen LogP contribution in [0.15, 0.2) is 35.2 Å². The Morgan fingerprint density at radius 2 is 1.93 bits per heavy atom. The monoisotopic (exact) mass is 437 g/mol. The molecule has 2 aromatic carbocycles. The van der Waals surface area contributed by atoms with Crippen LogP contribution in [0.4, 0.5) is 11.4 Å². The normalized spacial score (nSPS) is 17.3. The SMILES string of the molecule is CC(Nc1cc(N2CCNCC2)ccc1S(C)(=O)=O)c1cc(Cl)cc2c1OCO2. The molecule has 7 nitrogen and oxygen atoms in total. The first-order valence-corrected chi connectivity index (χ1v) is 11.8. The van der Waals surface area contributed by atoms with Gasteiger partial charge in [-0.2, -0.15) is 0 Å². The minimum Gasteiger partial charge on any atom is -0.454 e. The summed E-state index contributed by atoms with van der Waals surface area (Å²) in [7, 11) is -3.40. The Balaban J connectivity index is 1.69. The molecule has 1 atom stereocenters. The van der Waals surface area contributed by atoms with Gasteiger partial charge < -0.3 is 25.0 Å². The van der Waals surface area contributed by atoms with Crippen LogP contribution in [0.5, 0.6) is 11.5 Å². The average molecular weight is 438 g/mol. The molecule has 0 saturated carbocycles. The Labute approximate surface area is 175 Å². The van der Waals surface area contributed by atoms with Crippen LogP contribution >= 0.6 is 11.6 Å². The molecule has 2 N–H and O–H groups in total. The van der Waals surface area contributed by atoms with Crippen LogP contribution in [-0.4, -0.2) is 47.6 Å². The van der Waals surface area contributed by atoms with Crippen molar-refractivity contribution in [2.45, 2.75) is 17.9 Å². The van der Waals surface area contributed by atoms with Gasteiger partial charge in [0.1, 0.15) is 0 Å². The van der Waals surface area contributed by atoms with E-state index in [-0.39, 0.29) is 17.7 Å². The van der Waals surface area contributed by atoms with Gasteiger partial charge in [-0.05, 0) is 31.2 Å². The molecule has 2 heterocycles. The van der Waals surface area contributed by atoms with Gasteiger partial charge in [-0.3, -0.25) is 0 Å². The molecule has 0 spiro atoms. The molecule has 0 aliphatic carbocycles. The molecule has 29 heavy (non-hydrogen) atoms. The van der Waals surface area contributed by atoms with Crippen molar-refractivity contribution in [1.82, 2.24) is 5.32 Å². The second-order valence-electron chi connectivity index (χ2n) is 7.28. The summed E-state index contributed by atoms with van der Waals surface area (Å²) in [5, 5.41) is 7.22. The van der Waals surface area contributed by atoms with E-state index in [0.29, 0.717) is 22.2 Å². The Morgan fingerprint density at radius 1 is 1.17 bits per heavy atom. The predicted octanol–water partition coefficient (Wildman–Crippen LogP) is 3.05. The maximum atomic E-state index is 12.4. The van der Waals surface area contributed by atoms with E-state index in [1.807, 2.05) is 25.1 Å². The molecular weight excluding hydrogens is 414 g/mol. The molecule has 1 saturated heterocycles. The molecule has 1 unspecified atom stereocenters. The predicted molar refractivity (Wildman–Crippen MR) is 114 cm³/mol. The van der Waals surface area contributed by atoms with Crippen LogP contribution < -0.4 is 25.0 Å². The zero-order chi connectivity index (χ0) is 20.6. The largest absolute Gasteiger partial charge is 0.454 e. The number of halogens is 1. The number of piperazine rings is 1. The third kappa shape index (κ3) is 4.24. The van der Waals surface area contributed by atoms with Crippen molar-refractivity contribution in [3.8, 4) is 11.5 Å². The first-order valence-electron chi connectivity index (χ1n) is 9.48. The summed E-state index contributed by atoms with van der Waals surface area (Å²) in [5.41, 5.74) is 2.37. The third-order valence-corrected chi connectivity index (χ3v) is 6.52. The number of sulfone groups is 1. The molecule has 0 amide bonds. The van der Waals surface area contributed by atoms with Crippen molar-refractivity contribution in [3.05, 3.63) is 40.9 Å². The highest BCUT2D eigenvalue weighted by atomic mass is 35.5. The summed E-state index contributed by atoms with van der Waals surface area (Å²) < 4.78 is 35.8. The van der Waals surface area contributed by atoms with Crippen LogP contribution in [0.3, 0.4) is 0 Å². The number of hydrogen-bond acceptors (Lipinski definition) is 7. The van der Waals surface area contributed by atoms with E-state index in [9.17, 15) is 8.42 Å². The highest BCUT2D eigenvalue weighted by Gasteiger charge is 2.24. The summed E-state index contributed by atoms with van der Waals surface area (Å²) >= 11 is 6.23. The van der Waals surface area contributed by atoms with Gasteiger partial charge in [0.15, 0.2) is 21.3 Å².